The molecule has 7 nitrogen and oxygen atoms in total. The SMILES string of the molecule is N#CC1(C#N)C(c2ccc([N+](=O)[O-])cc2)C(=NC2CCCCC2)N2c3ccccc3C=CC21. The highest BCUT2D eigenvalue weighted by molar-refractivity contribution is 6.10. The number of nitrogens with zero attached hydrogens (tertiary/aromatic N) is 5. The second-order valence-electron chi connectivity index (χ2n) is 8.89. The van der Waals surface area contributed by atoms with Crippen LogP contribution in [-0.4, -0.2) is 22.8 Å². The van der Waals surface area contributed by atoms with E-state index in [1.54, 1.807) is 12.1 Å². The van der Waals surface area contributed by atoms with Crippen LogP contribution in [-0.2, 0) is 0 Å². The van der Waals surface area contributed by atoms with E-state index in [-0.39, 0.29) is 11.7 Å². The molecule has 2 aliphatic heterocycles. The van der Waals surface area contributed by atoms with E-state index in [9.17, 15) is 20.6 Å². The van der Waals surface area contributed by atoms with Crippen LogP contribution in [0.25, 0.3) is 6.08 Å². The molecule has 5 rings (SSSR count). The Balaban J connectivity index is 1.73. The number of nitro groups is 1. The summed E-state index contributed by atoms with van der Waals surface area (Å²) in [7, 11) is 0. The van der Waals surface area contributed by atoms with Crippen LogP contribution in [0.3, 0.4) is 0 Å². The normalized spacial score (nSPS) is 24.5. The number of para-hydroxylation sites is 1. The van der Waals surface area contributed by atoms with Crippen molar-refractivity contribution in [1.29, 1.82) is 10.5 Å². The fraction of sp³-hybridized carbons (Fsp3) is 0.346. The number of rotatable bonds is 3. The average Bonchev–Trinajstić information content (AvgIpc) is 3.14. The van der Waals surface area contributed by atoms with Crippen molar-refractivity contribution >= 4 is 23.3 Å². The zero-order chi connectivity index (χ0) is 23.0. The molecule has 0 spiro atoms. The van der Waals surface area contributed by atoms with E-state index in [1.165, 1.54) is 18.6 Å². The molecule has 1 aliphatic carbocycles. The average molecular weight is 438 g/mol. The molecule has 1 saturated heterocycles. The van der Waals surface area contributed by atoms with Gasteiger partial charge in [-0.05, 0) is 30.0 Å². The molecule has 0 aromatic heterocycles. The summed E-state index contributed by atoms with van der Waals surface area (Å²) in [6.07, 6.45) is 9.30. The van der Waals surface area contributed by atoms with E-state index in [4.69, 9.17) is 4.99 Å². The van der Waals surface area contributed by atoms with Crippen LogP contribution in [0, 0.1) is 38.2 Å². The molecule has 2 aromatic rings. The Kier molecular flexibility index (Phi) is 5.18. The molecule has 164 valence electrons. The Labute approximate surface area is 192 Å². The summed E-state index contributed by atoms with van der Waals surface area (Å²) in [5.41, 5.74) is 1.20. The van der Waals surface area contributed by atoms with Gasteiger partial charge in [-0.25, -0.2) is 0 Å². The van der Waals surface area contributed by atoms with Gasteiger partial charge in [-0.3, -0.25) is 15.1 Å². The summed E-state index contributed by atoms with van der Waals surface area (Å²) in [4.78, 5) is 18.0. The first-order valence-corrected chi connectivity index (χ1v) is 11.3. The van der Waals surface area contributed by atoms with Crippen LogP contribution in [0.4, 0.5) is 11.4 Å². The van der Waals surface area contributed by atoms with Gasteiger partial charge in [0.1, 0.15) is 5.84 Å². The monoisotopic (exact) mass is 437 g/mol. The van der Waals surface area contributed by atoms with Crippen LogP contribution in [0.2, 0.25) is 0 Å². The summed E-state index contributed by atoms with van der Waals surface area (Å²) in [5.74, 6) is 0.0942. The highest BCUT2D eigenvalue weighted by Crippen LogP contribution is 2.53. The molecule has 2 heterocycles. The standard InChI is InChI=1S/C26H23N5O2/c27-16-26(17-28)23-15-12-18-6-4-5-9-22(18)30(23)25(29-20-7-2-1-3-8-20)24(26)19-10-13-21(14-11-19)31(32)33/h4-6,9-15,20,23-24H,1-3,7-8H2. The number of non-ortho nitro benzene ring substituents is 1. The third kappa shape index (κ3) is 3.29. The number of hydrogen-bond acceptors (Lipinski definition) is 5. The van der Waals surface area contributed by atoms with E-state index in [1.807, 2.05) is 36.4 Å². The first-order valence-electron chi connectivity index (χ1n) is 11.3. The van der Waals surface area contributed by atoms with Gasteiger partial charge in [0.05, 0.1) is 40.8 Å². The fourth-order valence-corrected chi connectivity index (χ4v) is 5.43. The summed E-state index contributed by atoms with van der Waals surface area (Å²) in [6, 6.07) is 18.5. The number of nitriles is 2. The van der Waals surface area contributed by atoms with E-state index in [0.29, 0.717) is 11.4 Å². The maximum Gasteiger partial charge on any atom is 0.269 e. The van der Waals surface area contributed by atoms with E-state index in [0.717, 1.165) is 36.9 Å². The van der Waals surface area contributed by atoms with E-state index in [2.05, 4.69) is 17.0 Å². The summed E-state index contributed by atoms with van der Waals surface area (Å²) >= 11 is 0. The minimum absolute atomic E-state index is 0.0232. The molecular formula is C26H23N5O2. The molecule has 3 aliphatic rings. The first kappa shape index (κ1) is 20.9. The van der Waals surface area contributed by atoms with Crippen molar-refractivity contribution in [3.05, 3.63) is 75.8 Å². The van der Waals surface area contributed by atoms with Crippen molar-refractivity contribution in [3.8, 4) is 12.1 Å². The zero-order valence-corrected chi connectivity index (χ0v) is 18.1. The lowest BCUT2D eigenvalue weighted by Gasteiger charge is -2.32. The quantitative estimate of drug-likeness (QED) is 0.475. The molecule has 0 amide bonds. The third-order valence-electron chi connectivity index (χ3n) is 7.06. The number of anilines is 1. The summed E-state index contributed by atoms with van der Waals surface area (Å²) < 4.78 is 0. The van der Waals surface area contributed by atoms with E-state index >= 15 is 0 Å². The number of aliphatic imine (C=N–C) groups is 1. The van der Waals surface area contributed by atoms with Crippen molar-refractivity contribution in [2.45, 2.75) is 50.1 Å². The lowest BCUT2D eigenvalue weighted by atomic mass is 9.71. The molecule has 0 bridgehead atoms. The molecule has 33 heavy (non-hydrogen) atoms. The van der Waals surface area contributed by atoms with Gasteiger partial charge in [-0.1, -0.05) is 61.7 Å². The van der Waals surface area contributed by atoms with Crippen molar-refractivity contribution in [2.24, 2.45) is 10.4 Å². The van der Waals surface area contributed by atoms with Crippen molar-refractivity contribution in [1.82, 2.24) is 0 Å². The number of fused-ring (bicyclic) bond motifs is 3. The minimum atomic E-state index is -1.41. The van der Waals surface area contributed by atoms with Crippen LogP contribution in [0.5, 0.6) is 0 Å². The van der Waals surface area contributed by atoms with Crippen LogP contribution in [0.1, 0.15) is 49.1 Å². The Morgan fingerprint density at radius 1 is 1.03 bits per heavy atom. The van der Waals surface area contributed by atoms with Crippen LogP contribution < -0.4 is 4.90 Å². The molecule has 2 aromatic carbocycles. The molecule has 2 fully saturated rings. The van der Waals surface area contributed by atoms with Crippen molar-refractivity contribution in [2.75, 3.05) is 4.90 Å². The van der Waals surface area contributed by atoms with Gasteiger partial charge in [-0.2, -0.15) is 10.5 Å². The number of nitro benzene ring substituents is 1. The van der Waals surface area contributed by atoms with Gasteiger partial charge in [0.2, 0.25) is 0 Å². The van der Waals surface area contributed by atoms with Crippen LogP contribution >= 0.6 is 0 Å². The number of hydrogen-bond donors (Lipinski definition) is 0. The lowest BCUT2D eigenvalue weighted by molar-refractivity contribution is -0.384. The molecule has 0 N–H and O–H groups in total. The topological polar surface area (TPSA) is 106 Å². The summed E-state index contributed by atoms with van der Waals surface area (Å²) in [5, 5.41) is 32.0. The fourth-order valence-electron chi connectivity index (χ4n) is 5.43. The second-order valence-corrected chi connectivity index (χ2v) is 8.89. The third-order valence-corrected chi connectivity index (χ3v) is 7.06. The molecule has 2 atom stereocenters. The predicted octanol–water partition coefficient (Wildman–Crippen LogP) is 5.36. The Morgan fingerprint density at radius 3 is 2.39 bits per heavy atom. The van der Waals surface area contributed by atoms with Gasteiger partial charge in [-0.15, -0.1) is 0 Å². The largest absolute Gasteiger partial charge is 0.319 e. The molecule has 0 radical (unpaired) electrons. The van der Waals surface area contributed by atoms with Crippen molar-refractivity contribution in [3.63, 3.8) is 0 Å². The molecule has 2 unspecified atom stereocenters. The maximum absolute atomic E-state index is 11.2. The maximum atomic E-state index is 11.2. The minimum Gasteiger partial charge on any atom is -0.319 e. The lowest BCUT2D eigenvalue weighted by Crippen LogP contribution is -2.40. The zero-order valence-electron chi connectivity index (χ0n) is 18.1. The van der Waals surface area contributed by atoms with Gasteiger partial charge in [0, 0.05) is 12.1 Å². The van der Waals surface area contributed by atoms with Crippen LogP contribution in [0.15, 0.2) is 59.6 Å². The highest BCUT2D eigenvalue weighted by Gasteiger charge is 2.60. The summed E-state index contributed by atoms with van der Waals surface area (Å²) in [6.45, 7) is 0. The van der Waals surface area contributed by atoms with Gasteiger partial charge < -0.3 is 4.90 Å². The van der Waals surface area contributed by atoms with Gasteiger partial charge in [0.15, 0.2) is 5.41 Å². The smallest absolute Gasteiger partial charge is 0.269 e. The van der Waals surface area contributed by atoms with Crippen molar-refractivity contribution < 1.29 is 4.92 Å². The molecule has 7 heteroatoms. The predicted molar refractivity (Wildman–Crippen MR) is 126 cm³/mol. The van der Waals surface area contributed by atoms with E-state index < -0.39 is 22.3 Å². The van der Waals surface area contributed by atoms with Gasteiger partial charge >= 0.3 is 0 Å². The Hall–Kier alpha value is -3.97. The van der Waals surface area contributed by atoms with Gasteiger partial charge in [0.25, 0.3) is 5.69 Å². The Bertz CT molecular complexity index is 1210. The number of benzene rings is 2. The highest BCUT2D eigenvalue weighted by atomic mass is 16.6. The molecular weight excluding hydrogens is 414 g/mol. The molecule has 1 saturated carbocycles. The first-order chi connectivity index (χ1) is 16.1. The number of amidine groups is 1. The second kappa shape index (κ2) is 8.18. The Morgan fingerprint density at radius 2 is 1.73 bits per heavy atom.